The highest BCUT2D eigenvalue weighted by Gasteiger charge is 1.99. The van der Waals surface area contributed by atoms with Gasteiger partial charge in [-0.15, -0.1) is 0 Å². The normalized spacial score (nSPS) is 10.2. The molecule has 0 saturated carbocycles. The number of carboxylic acids is 1. The smallest absolute Gasteiger partial charge is 0.335 e. The zero-order chi connectivity index (χ0) is 11.3. The number of carbonyl (C=O) groups is 2. The van der Waals surface area contributed by atoms with Crippen LogP contribution in [0.5, 0.6) is 0 Å². The molecule has 0 bridgehead atoms. The lowest BCUT2D eigenvalue weighted by Crippen LogP contribution is -2.12. The summed E-state index contributed by atoms with van der Waals surface area (Å²) in [5.74, 6) is -1.23. The molecule has 0 atom stereocenters. The van der Waals surface area contributed by atoms with E-state index in [0.29, 0.717) is 5.56 Å². The molecule has 5 nitrogen and oxygen atoms in total. The van der Waals surface area contributed by atoms with E-state index in [9.17, 15) is 9.59 Å². The van der Waals surface area contributed by atoms with E-state index in [-0.39, 0.29) is 11.5 Å². The van der Waals surface area contributed by atoms with Crippen molar-refractivity contribution in [3.05, 3.63) is 35.4 Å². The van der Waals surface area contributed by atoms with Crippen LogP contribution in [-0.4, -0.2) is 23.2 Å². The summed E-state index contributed by atoms with van der Waals surface area (Å²) < 4.78 is 0. The summed E-state index contributed by atoms with van der Waals surface area (Å²) in [5, 5.41) is 12.3. The molecule has 0 aliphatic rings. The number of benzene rings is 1. The standard InChI is InChI=1S/C10H10N2O3/c1-7(13)12-11-6-8-2-4-9(5-3-8)10(14)15/h2-6H,1H3,(H,12,13)(H,14,15)/b11-6+. The van der Waals surface area contributed by atoms with E-state index >= 15 is 0 Å². The second-order valence-electron chi connectivity index (χ2n) is 2.85. The second-order valence-corrected chi connectivity index (χ2v) is 2.85. The fourth-order valence-electron chi connectivity index (χ4n) is 0.909. The van der Waals surface area contributed by atoms with Crippen molar-refractivity contribution < 1.29 is 14.7 Å². The Morgan fingerprint density at radius 3 is 2.40 bits per heavy atom. The van der Waals surface area contributed by atoms with Gasteiger partial charge in [0, 0.05) is 6.92 Å². The molecular formula is C10H10N2O3. The van der Waals surface area contributed by atoms with Crippen molar-refractivity contribution in [2.75, 3.05) is 0 Å². The van der Waals surface area contributed by atoms with Crippen LogP contribution in [0.15, 0.2) is 29.4 Å². The summed E-state index contributed by atoms with van der Waals surface area (Å²) in [7, 11) is 0. The molecule has 0 saturated heterocycles. The predicted molar refractivity (Wildman–Crippen MR) is 54.8 cm³/mol. The van der Waals surface area contributed by atoms with Gasteiger partial charge in [-0.2, -0.15) is 5.10 Å². The Bertz CT molecular complexity index is 396. The molecule has 0 radical (unpaired) electrons. The van der Waals surface area contributed by atoms with Gasteiger partial charge in [-0.3, -0.25) is 4.79 Å². The molecule has 0 unspecified atom stereocenters. The molecule has 15 heavy (non-hydrogen) atoms. The molecule has 0 spiro atoms. The van der Waals surface area contributed by atoms with Gasteiger partial charge in [0.15, 0.2) is 0 Å². The summed E-state index contributed by atoms with van der Waals surface area (Å²) >= 11 is 0. The third-order valence-corrected chi connectivity index (χ3v) is 1.59. The number of aromatic carboxylic acids is 1. The van der Waals surface area contributed by atoms with Crippen molar-refractivity contribution >= 4 is 18.1 Å². The number of nitrogens with one attached hydrogen (secondary N) is 1. The molecule has 1 amide bonds. The lowest BCUT2D eigenvalue weighted by atomic mass is 10.1. The molecule has 0 aromatic heterocycles. The molecule has 1 rings (SSSR count). The average molecular weight is 206 g/mol. The maximum Gasteiger partial charge on any atom is 0.335 e. The van der Waals surface area contributed by atoms with Crippen LogP contribution in [0.1, 0.15) is 22.8 Å². The van der Waals surface area contributed by atoms with E-state index in [0.717, 1.165) is 0 Å². The molecular weight excluding hydrogens is 196 g/mol. The first kappa shape index (κ1) is 10.9. The Labute approximate surface area is 86.4 Å². The van der Waals surface area contributed by atoms with Gasteiger partial charge in [-0.1, -0.05) is 12.1 Å². The van der Waals surface area contributed by atoms with Crippen molar-refractivity contribution in [2.45, 2.75) is 6.92 Å². The maximum atomic E-state index is 10.5. The quantitative estimate of drug-likeness (QED) is 0.568. The molecule has 2 N–H and O–H groups in total. The molecule has 0 aliphatic heterocycles. The first-order valence-corrected chi connectivity index (χ1v) is 4.22. The van der Waals surface area contributed by atoms with Crippen molar-refractivity contribution in [2.24, 2.45) is 5.10 Å². The molecule has 0 aliphatic carbocycles. The van der Waals surface area contributed by atoms with Crippen LogP contribution in [0.2, 0.25) is 0 Å². The van der Waals surface area contributed by atoms with Crippen LogP contribution in [0, 0.1) is 0 Å². The number of nitrogens with zero attached hydrogens (tertiary/aromatic N) is 1. The molecule has 78 valence electrons. The fourth-order valence-corrected chi connectivity index (χ4v) is 0.909. The minimum atomic E-state index is -0.972. The molecule has 5 heteroatoms. The van der Waals surface area contributed by atoms with Crippen LogP contribution in [0.25, 0.3) is 0 Å². The summed E-state index contributed by atoms with van der Waals surface area (Å²) in [6, 6.07) is 6.15. The topological polar surface area (TPSA) is 78.8 Å². The lowest BCUT2D eigenvalue weighted by Gasteiger charge is -1.95. The molecule has 0 fully saturated rings. The number of carboxylic acid groups (broad SMARTS) is 1. The highest BCUT2D eigenvalue weighted by Crippen LogP contribution is 2.01. The summed E-state index contributed by atoms with van der Waals surface area (Å²) in [4.78, 5) is 21.0. The first-order valence-electron chi connectivity index (χ1n) is 4.22. The van der Waals surface area contributed by atoms with Gasteiger partial charge in [0.1, 0.15) is 0 Å². The number of hydrogen-bond acceptors (Lipinski definition) is 3. The van der Waals surface area contributed by atoms with E-state index < -0.39 is 5.97 Å². The number of amides is 1. The van der Waals surface area contributed by atoms with Gasteiger partial charge in [-0.05, 0) is 17.7 Å². The Balaban J connectivity index is 2.68. The molecule has 1 aromatic carbocycles. The van der Waals surface area contributed by atoms with Gasteiger partial charge in [-0.25, -0.2) is 10.2 Å². The fraction of sp³-hybridized carbons (Fsp3) is 0.100. The van der Waals surface area contributed by atoms with Crippen LogP contribution >= 0.6 is 0 Å². The van der Waals surface area contributed by atoms with Crippen LogP contribution < -0.4 is 5.43 Å². The molecule has 1 aromatic rings. The molecule has 0 heterocycles. The van der Waals surface area contributed by atoms with Gasteiger partial charge in [0.05, 0.1) is 11.8 Å². The van der Waals surface area contributed by atoms with Gasteiger partial charge < -0.3 is 5.11 Å². The average Bonchev–Trinajstić information content (AvgIpc) is 2.18. The third-order valence-electron chi connectivity index (χ3n) is 1.59. The predicted octanol–water partition coefficient (Wildman–Crippen LogP) is 0.855. The van der Waals surface area contributed by atoms with Crippen LogP contribution in [0.4, 0.5) is 0 Å². The number of carbonyl (C=O) groups excluding carboxylic acids is 1. The second kappa shape index (κ2) is 4.90. The monoisotopic (exact) mass is 206 g/mol. The van der Waals surface area contributed by atoms with E-state index in [2.05, 4.69) is 10.5 Å². The number of hydrogen-bond donors (Lipinski definition) is 2. The zero-order valence-corrected chi connectivity index (χ0v) is 8.10. The SMILES string of the molecule is CC(=O)N/N=C/c1ccc(C(=O)O)cc1. The van der Waals surface area contributed by atoms with Crippen molar-refractivity contribution in [3.63, 3.8) is 0 Å². The maximum absolute atomic E-state index is 10.5. The van der Waals surface area contributed by atoms with Crippen molar-refractivity contribution in [1.82, 2.24) is 5.43 Å². The van der Waals surface area contributed by atoms with E-state index in [1.54, 1.807) is 12.1 Å². The van der Waals surface area contributed by atoms with Gasteiger partial charge in [0.25, 0.3) is 0 Å². The Morgan fingerprint density at radius 1 is 1.33 bits per heavy atom. The number of rotatable bonds is 3. The van der Waals surface area contributed by atoms with Crippen LogP contribution in [0.3, 0.4) is 0 Å². The van der Waals surface area contributed by atoms with E-state index in [4.69, 9.17) is 5.11 Å². The highest BCUT2D eigenvalue weighted by molar-refractivity contribution is 5.89. The van der Waals surface area contributed by atoms with E-state index in [1.165, 1.54) is 25.3 Å². The summed E-state index contributed by atoms with van der Waals surface area (Å²) in [6.45, 7) is 1.35. The van der Waals surface area contributed by atoms with Crippen molar-refractivity contribution in [3.8, 4) is 0 Å². The minimum Gasteiger partial charge on any atom is -0.478 e. The number of hydrazone groups is 1. The highest BCUT2D eigenvalue weighted by atomic mass is 16.4. The third kappa shape index (κ3) is 3.60. The Kier molecular flexibility index (Phi) is 3.56. The largest absolute Gasteiger partial charge is 0.478 e. The Morgan fingerprint density at radius 2 is 1.93 bits per heavy atom. The first-order chi connectivity index (χ1) is 7.09. The van der Waals surface area contributed by atoms with Gasteiger partial charge in [0.2, 0.25) is 5.91 Å². The minimum absolute atomic E-state index is 0.215. The summed E-state index contributed by atoms with van der Waals surface area (Å²) in [6.07, 6.45) is 1.44. The van der Waals surface area contributed by atoms with Crippen molar-refractivity contribution in [1.29, 1.82) is 0 Å². The Hall–Kier alpha value is -2.17. The van der Waals surface area contributed by atoms with Crippen LogP contribution in [-0.2, 0) is 4.79 Å². The summed E-state index contributed by atoms with van der Waals surface area (Å²) in [5.41, 5.74) is 3.18. The zero-order valence-electron chi connectivity index (χ0n) is 8.10. The lowest BCUT2D eigenvalue weighted by molar-refractivity contribution is -0.118. The van der Waals surface area contributed by atoms with Gasteiger partial charge >= 0.3 is 5.97 Å². The van der Waals surface area contributed by atoms with E-state index in [1.807, 2.05) is 0 Å².